The highest BCUT2D eigenvalue weighted by atomic mass is 35.5. The van der Waals surface area contributed by atoms with E-state index < -0.39 is 5.97 Å². The number of carboxylic acid groups (broad SMARTS) is 1. The molecular formula is C10H12Cl2N2O2. The van der Waals surface area contributed by atoms with Gasteiger partial charge in [0.25, 0.3) is 0 Å². The maximum atomic E-state index is 10.7. The monoisotopic (exact) mass is 262 g/mol. The van der Waals surface area contributed by atoms with Crippen LogP contribution in [0.5, 0.6) is 0 Å². The van der Waals surface area contributed by atoms with Crippen molar-refractivity contribution in [2.45, 2.75) is 0 Å². The van der Waals surface area contributed by atoms with E-state index >= 15 is 0 Å². The molecule has 0 aromatic heterocycles. The number of carbonyl (C=O) groups is 1. The molecular weight excluding hydrogens is 251 g/mol. The average Bonchev–Trinajstić information content (AvgIpc) is 2.14. The zero-order chi connectivity index (χ0) is 12.1. The number of nitrogens with zero attached hydrogens (tertiary/aromatic N) is 1. The molecule has 0 saturated carbocycles. The summed E-state index contributed by atoms with van der Waals surface area (Å²) in [7, 11) is 0. The molecule has 1 aromatic carbocycles. The van der Waals surface area contributed by atoms with E-state index in [1.54, 1.807) is 23.1 Å². The van der Waals surface area contributed by atoms with Crippen LogP contribution in [0.1, 0.15) is 0 Å². The minimum absolute atomic E-state index is 0.131. The normalized spacial score (nSPS) is 10.2. The van der Waals surface area contributed by atoms with Gasteiger partial charge in [-0.2, -0.15) is 0 Å². The second-order valence-electron chi connectivity index (χ2n) is 3.23. The number of nitrogens with two attached hydrogens (primary N) is 1. The van der Waals surface area contributed by atoms with Crippen LogP contribution >= 0.6 is 23.2 Å². The lowest BCUT2D eigenvalue weighted by molar-refractivity contribution is -0.135. The van der Waals surface area contributed by atoms with Crippen LogP contribution in [0.2, 0.25) is 10.0 Å². The van der Waals surface area contributed by atoms with Crippen LogP contribution in [-0.2, 0) is 4.79 Å². The molecule has 88 valence electrons. The summed E-state index contributed by atoms with van der Waals surface area (Å²) in [4.78, 5) is 12.3. The molecule has 0 fully saturated rings. The average molecular weight is 263 g/mol. The van der Waals surface area contributed by atoms with Crippen LogP contribution in [0.25, 0.3) is 0 Å². The van der Waals surface area contributed by atoms with Crippen LogP contribution < -0.4 is 10.6 Å². The maximum absolute atomic E-state index is 10.7. The van der Waals surface area contributed by atoms with Crippen LogP contribution in [0.4, 0.5) is 5.69 Å². The SMILES string of the molecule is NCCN(CC(=O)O)c1cc(Cl)cc(Cl)c1. The van der Waals surface area contributed by atoms with Gasteiger partial charge in [0.15, 0.2) is 0 Å². The van der Waals surface area contributed by atoms with Crippen molar-refractivity contribution in [3.8, 4) is 0 Å². The molecule has 0 aliphatic rings. The molecule has 0 saturated heterocycles. The quantitative estimate of drug-likeness (QED) is 0.850. The Morgan fingerprint density at radius 3 is 2.31 bits per heavy atom. The molecule has 0 atom stereocenters. The lowest BCUT2D eigenvalue weighted by Gasteiger charge is -2.22. The molecule has 0 amide bonds. The Hall–Kier alpha value is -0.970. The zero-order valence-corrected chi connectivity index (χ0v) is 10.0. The van der Waals surface area contributed by atoms with Gasteiger partial charge >= 0.3 is 5.97 Å². The predicted octanol–water partition coefficient (Wildman–Crippen LogP) is 1.84. The van der Waals surface area contributed by atoms with Crippen LogP contribution in [0, 0.1) is 0 Å². The smallest absolute Gasteiger partial charge is 0.323 e. The van der Waals surface area contributed by atoms with E-state index in [4.69, 9.17) is 34.0 Å². The van der Waals surface area contributed by atoms with Gasteiger partial charge in [0.05, 0.1) is 0 Å². The minimum Gasteiger partial charge on any atom is -0.480 e. The van der Waals surface area contributed by atoms with Crippen molar-refractivity contribution < 1.29 is 9.90 Å². The molecule has 4 nitrogen and oxygen atoms in total. The summed E-state index contributed by atoms with van der Waals surface area (Å²) in [6.07, 6.45) is 0. The third-order valence-electron chi connectivity index (χ3n) is 1.94. The van der Waals surface area contributed by atoms with E-state index in [1.807, 2.05) is 0 Å². The van der Waals surface area contributed by atoms with Gasteiger partial charge in [-0.05, 0) is 18.2 Å². The van der Waals surface area contributed by atoms with E-state index in [0.717, 1.165) is 0 Å². The van der Waals surface area contributed by atoms with E-state index in [1.165, 1.54) is 0 Å². The Balaban J connectivity index is 2.95. The summed E-state index contributed by atoms with van der Waals surface area (Å²) in [5, 5.41) is 9.70. The topological polar surface area (TPSA) is 66.6 Å². The number of hydrogen-bond acceptors (Lipinski definition) is 3. The number of rotatable bonds is 5. The van der Waals surface area contributed by atoms with Crippen molar-refractivity contribution in [1.29, 1.82) is 0 Å². The van der Waals surface area contributed by atoms with Crippen LogP contribution in [-0.4, -0.2) is 30.7 Å². The summed E-state index contributed by atoms with van der Waals surface area (Å²) in [6, 6.07) is 4.91. The summed E-state index contributed by atoms with van der Waals surface area (Å²) in [6.45, 7) is 0.661. The van der Waals surface area contributed by atoms with Crippen molar-refractivity contribution >= 4 is 34.9 Å². The molecule has 0 aliphatic heterocycles. The number of aliphatic carboxylic acids is 1. The van der Waals surface area contributed by atoms with Crippen molar-refractivity contribution in [2.75, 3.05) is 24.5 Å². The zero-order valence-electron chi connectivity index (χ0n) is 8.49. The van der Waals surface area contributed by atoms with Gasteiger partial charge in [0.1, 0.15) is 6.54 Å². The van der Waals surface area contributed by atoms with Gasteiger partial charge in [-0.1, -0.05) is 23.2 Å². The highest BCUT2D eigenvalue weighted by Gasteiger charge is 2.11. The van der Waals surface area contributed by atoms with Crippen molar-refractivity contribution in [3.63, 3.8) is 0 Å². The first-order chi connectivity index (χ1) is 7.52. The first-order valence-electron chi connectivity index (χ1n) is 4.66. The third-order valence-corrected chi connectivity index (χ3v) is 2.37. The number of carboxylic acids is 1. The Bertz CT molecular complexity index is 365. The Morgan fingerprint density at radius 2 is 1.88 bits per heavy atom. The molecule has 3 N–H and O–H groups in total. The standard InChI is InChI=1S/C10H12Cl2N2O2/c11-7-3-8(12)5-9(4-7)14(2-1-13)6-10(15)16/h3-5H,1-2,6,13H2,(H,15,16). The number of anilines is 1. The van der Waals surface area contributed by atoms with Crippen LogP contribution in [0.3, 0.4) is 0 Å². The van der Waals surface area contributed by atoms with Gasteiger partial charge in [-0.15, -0.1) is 0 Å². The molecule has 0 aliphatic carbocycles. The molecule has 0 unspecified atom stereocenters. The summed E-state index contributed by atoms with van der Waals surface area (Å²) in [5.41, 5.74) is 6.08. The molecule has 0 bridgehead atoms. The van der Waals surface area contributed by atoms with Gasteiger partial charge in [0, 0.05) is 28.8 Å². The molecule has 6 heteroatoms. The fourth-order valence-electron chi connectivity index (χ4n) is 1.34. The maximum Gasteiger partial charge on any atom is 0.323 e. The van der Waals surface area contributed by atoms with Gasteiger partial charge in [0.2, 0.25) is 0 Å². The fourth-order valence-corrected chi connectivity index (χ4v) is 1.85. The van der Waals surface area contributed by atoms with Crippen molar-refractivity contribution in [2.24, 2.45) is 5.73 Å². The largest absolute Gasteiger partial charge is 0.480 e. The van der Waals surface area contributed by atoms with E-state index in [9.17, 15) is 4.79 Å². The lowest BCUT2D eigenvalue weighted by atomic mass is 10.3. The van der Waals surface area contributed by atoms with Crippen molar-refractivity contribution in [3.05, 3.63) is 28.2 Å². The highest BCUT2D eigenvalue weighted by molar-refractivity contribution is 6.35. The Morgan fingerprint density at radius 1 is 1.31 bits per heavy atom. The van der Waals surface area contributed by atoms with Gasteiger partial charge < -0.3 is 15.7 Å². The predicted molar refractivity (Wildman–Crippen MR) is 65.4 cm³/mol. The van der Waals surface area contributed by atoms with E-state index in [-0.39, 0.29) is 6.54 Å². The number of halogens is 2. The lowest BCUT2D eigenvalue weighted by Crippen LogP contribution is -2.34. The number of benzene rings is 1. The van der Waals surface area contributed by atoms with E-state index in [2.05, 4.69) is 0 Å². The molecule has 1 rings (SSSR count). The number of hydrogen-bond donors (Lipinski definition) is 2. The summed E-state index contributed by atoms with van der Waals surface area (Å²) >= 11 is 11.7. The van der Waals surface area contributed by atoms with Crippen LogP contribution in [0.15, 0.2) is 18.2 Å². The summed E-state index contributed by atoms with van der Waals surface area (Å²) in [5.74, 6) is -0.926. The van der Waals surface area contributed by atoms with Gasteiger partial charge in [-0.25, -0.2) is 0 Å². The fraction of sp³-hybridized carbons (Fsp3) is 0.300. The Kier molecular flexibility index (Phi) is 4.86. The molecule has 0 heterocycles. The van der Waals surface area contributed by atoms with Gasteiger partial charge in [-0.3, -0.25) is 4.79 Å². The molecule has 0 spiro atoms. The third kappa shape index (κ3) is 3.89. The molecule has 16 heavy (non-hydrogen) atoms. The second kappa shape index (κ2) is 5.94. The first-order valence-corrected chi connectivity index (χ1v) is 5.41. The molecule has 0 radical (unpaired) electrons. The first kappa shape index (κ1) is 13.1. The molecule has 1 aromatic rings. The van der Waals surface area contributed by atoms with E-state index in [0.29, 0.717) is 28.8 Å². The van der Waals surface area contributed by atoms with Crippen molar-refractivity contribution in [1.82, 2.24) is 0 Å². The minimum atomic E-state index is -0.926. The second-order valence-corrected chi connectivity index (χ2v) is 4.10. The summed E-state index contributed by atoms with van der Waals surface area (Å²) < 4.78 is 0. The highest BCUT2D eigenvalue weighted by Crippen LogP contribution is 2.25. The Labute approximate surface area is 104 Å².